The minimum atomic E-state index is -0.244. The number of allylic oxidation sites excluding steroid dienone is 1. The van der Waals surface area contributed by atoms with Crippen molar-refractivity contribution < 1.29 is 9.53 Å². The summed E-state index contributed by atoms with van der Waals surface area (Å²) in [4.78, 5) is 14.0. The van der Waals surface area contributed by atoms with Crippen LogP contribution in [0.4, 0.5) is 0 Å². The first-order valence-corrected chi connectivity index (χ1v) is 9.80. The Hall–Kier alpha value is -2.18. The van der Waals surface area contributed by atoms with Crippen molar-refractivity contribution in [3.63, 3.8) is 0 Å². The van der Waals surface area contributed by atoms with E-state index in [2.05, 4.69) is 21.2 Å². The van der Waals surface area contributed by atoms with E-state index >= 15 is 0 Å². The lowest BCUT2D eigenvalue weighted by Gasteiger charge is -2.35. The van der Waals surface area contributed by atoms with Crippen LogP contribution in [0.3, 0.4) is 0 Å². The van der Waals surface area contributed by atoms with Crippen molar-refractivity contribution in [2.75, 3.05) is 7.05 Å². The largest absolute Gasteiger partial charge is 0.489 e. The highest BCUT2D eigenvalue weighted by Crippen LogP contribution is 2.31. The van der Waals surface area contributed by atoms with Crippen molar-refractivity contribution in [3.05, 3.63) is 75.4 Å². The van der Waals surface area contributed by atoms with E-state index in [0.717, 1.165) is 32.6 Å². The Morgan fingerprint density at radius 3 is 2.41 bits per heavy atom. The lowest BCUT2D eigenvalue weighted by molar-refractivity contribution is -0.114. The second-order valence-electron chi connectivity index (χ2n) is 6.48. The Kier molecular flexibility index (Phi) is 5.97. The van der Waals surface area contributed by atoms with E-state index in [0.29, 0.717) is 11.7 Å². The van der Waals surface area contributed by atoms with Gasteiger partial charge in [-0.1, -0.05) is 40.2 Å². The van der Waals surface area contributed by atoms with Gasteiger partial charge in [0.1, 0.15) is 12.4 Å². The zero-order valence-electron chi connectivity index (χ0n) is 15.5. The Labute approximate surface area is 173 Å². The van der Waals surface area contributed by atoms with E-state index in [4.69, 9.17) is 17.0 Å². The predicted octanol–water partition coefficient (Wildman–Crippen LogP) is 4.75. The number of thiocarbonyl (C=S) groups is 1. The number of hydrogen-bond acceptors (Lipinski definition) is 3. The number of halogens is 1. The molecule has 1 aliphatic heterocycles. The zero-order chi connectivity index (χ0) is 19.6. The average Bonchev–Trinajstić information content (AvgIpc) is 2.65. The van der Waals surface area contributed by atoms with Crippen molar-refractivity contribution >= 4 is 39.0 Å². The maximum absolute atomic E-state index is 12.2. The summed E-state index contributed by atoms with van der Waals surface area (Å²) in [5.74, 6) is 0.817. The van der Waals surface area contributed by atoms with Gasteiger partial charge in [0.05, 0.1) is 6.04 Å². The topological polar surface area (TPSA) is 41.6 Å². The van der Waals surface area contributed by atoms with Gasteiger partial charge in [0.2, 0.25) is 0 Å². The third kappa shape index (κ3) is 4.39. The van der Waals surface area contributed by atoms with Crippen molar-refractivity contribution in [2.45, 2.75) is 26.5 Å². The van der Waals surface area contributed by atoms with Gasteiger partial charge in [0.15, 0.2) is 10.9 Å². The molecular formula is C21H21BrN2O2S. The van der Waals surface area contributed by atoms with E-state index in [-0.39, 0.29) is 11.8 Å². The van der Waals surface area contributed by atoms with Crippen LogP contribution < -0.4 is 10.1 Å². The van der Waals surface area contributed by atoms with Crippen molar-refractivity contribution in [1.82, 2.24) is 10.2 Å². The quantitative estimate of drug-likeness (QED) is 0.673. The van der Waals surface area contributed by atoms with Crippen LogP contribution in [-0.4, -0.2) is 22.8 Å². The molecule has 140 valence electrons. The highest BCUT2D eigenvalue weighted by Gasteiger charge is 2.30. The number of nitrogens with zero attached hydrogens (tertiary/aromatic N) is 1. The summed E-state index contributed by atoms with van der Waals surface area (Å²) < 4.78 is 6.90. The van der Waals surface area contributed by atoms with Crippen LogP contribution >= 0.6 is 28.1 Å². The van der Waals surface area contributed by atoms with Crippen LogP contribution in [0, 0.1) is 0 Å². The van der Waals surface area contributed by atoms with Crippen LogP contribution in [0.2, 0.25) is 0 Å². The van der Waals surface area contributed by atoms with Gasteiger partial charge in [0.25, 0.3) is 0 Å². The fraction of sp³-hybridized carbons (Fsp3) is 0.238. The first-order chi connectivity index (χ1) is 12.9. The summed E-state index contributed by atoms with van der Waals surface area (Å²) in [6.45, 7) is 4.01. The maximum atomic E-state index is 12.2. The first-order valence-electron chi connectivity index (χ1n) is 8.60. The first kappa shape index (κ1) is 19.6. The molecule has 0 bridgehead atoms. The predicted molar refractivity (Wildman–Crippen MR) is 115 cm³/mol. The molecule has 0 aromatic heterocycles. The summed E-state index contributed by atoms with van der Waals surface area (Å²) in [7, 11) is 1.86. The number of carbonyl (C=O) groups is 1. The molecule has 2 aromatic carbocycles. The monoisotopic (exact) mass is 444 g/mol. The maximum Gasteiger partial charge on any atom is 0.173 e. The fourth-order valence-electron chi connectivity index (χ4n) is 3.05. The minimum absolute atomic E-state index is 0.0370. The number of hydrogen-bond donors (Lipinski definition) is 1. The van der Waals surface area contributed by atoms with E-state index in [1.807, 2.05) is 67.4 Å². The third-order valence-corrected chi connectivity index (χ3v) is 5.59. The minimum Gasteiger partial charge on any atom is -0.489 e. The molecular weight excluding hydrogens is 424 g/mol. The fourth-order valence-corrected chi connectivity index (χ4v) is 3.57. The van der Waals surface area contributed by atoms with Gasteiger partial charge in [-0.3, -0.25) is 4.79 Å². The normalized spacial score (nSPS) is 17.0. The number of benzene rings is 2. The lowest BCUT2D eigenvalue weighted by Crippen LogP contribution is -2.45. The standard InChI is InChI=1S/C21H21BrN2O2S/c1-13-19(14(2)25)20(23-21(27)24(13)3)16-6-10-18(11-7-16)26-12-15-4-8-17(22)9-5-15/h4-11,20H,12H2,1-3H3,(H,23,27). The molecule has 0 saturated carbocycles. The smallest absolute Gasteiger partial charge is 0.173 e. The highest BCUT2D eigenvalue weighted by atomic mass is 79.9. The van der Waals surface area contributed by atoms with Gasteiger partial charge < -0.3 is 15.0 Å². The molecule has 0 amide bonds. The van der Waals surface area contributed by atoms with Gasteiger partial charge in [-0.2, -0.15) is 0 Å². The van der Waals surface area contributed by atoms with Crippen LogP contribution in [-0.2, 0) is 11.4 Å². The van der Waals surface area contributed by atoms with Crippen LogP contribution in [0.25, 0.3) is 0 Å². The number of Topliss-reactive ketones (excluding diaryl/α,β-unsaturated/α-hetero) is 1. The molecule has 3 rings (SSSR count). The molecule has 1 heterocycles. The van der Waals surface area contributed by atoms with Crippen molar-refractivity contribution in [2.24, 2.45) is 0 Å². The molecule has 1 atom stereocenters. The van der Waals surface area contributed by atoms with E-state index in [9.17, 15) is 4.79 Å². The molecule has 0 fully saturated rings. The highest BCUT2D eigenvalue weighted by molar-refractivity contribution is 9.10. The molecule has 27 heavy (non-hydrogen) atoms. The second-order valence-corrected chi connectivity index (χ2v) is 7.78. The second kappa shape index (κ2) is 8.23. The van der Waals surface area contributed by atoms with Gasteiger partial charge in [-0.05, 0) is 61.5 Å². The van der Waals surface area contributed by atoms with Gasteiger partial charge in [-0.15, -0.1) is 0 Å². The Morgan fingerprint density at radius 2 is 1.81 bits per heavy atom. The zero-order valence-corrected chi connectivity index (χ0v) is 17.9. The van der Waals surface area contributed by atoms with E-state index in [1.54, 1.807) is 6.92 Å². The molecule has 0 spiro atoms. The van der Waals surface area contributed by atoms with Gasteiger partial charge >= 0.3 is 0 Å². The summed E-state index contributed by atoms with van der Waals surface area (Å²) in [6.07, 6.45) is 0. The van der Waals surface area contributed by atoms with Crippen molar-refractivity contribution in [1.29, 1.82) is 0 Å². The molecule has 0 aliphatic carbocycles. The average molecular weight is 445 g/mol. The Morgan fingerprint density at radius 1 is 1.19 bits per heavy atom. The number of rotatable bonds is 5. The number of carbonyl (C=O) groups excluding carboxylic acids is 1. The van der Waals surface area contributed by atoms with Crippen molar-refractivity contribution in [3.8, 4) is 5.75 Å². The van der Waals surface area contributed by atoms with E-state index in [1.165, 1.54) is 0 Å². The van der Waals surface area contributed by atoms with Gasteiger partial charge in [0, 0.05) is 22.8 Å². The molecule has 6 heteroatoms. The molecule has 2 aromatic rings. The van der Waals surface area contributed by atoms with Crippen LogP contribution in [0.15, 0.2) is 64.3 Å². The SMILES string of the molecule is CC(=O)C1=C(C)N(C)C(=S)NC1c1ccc(OCc2ccc(Br)cc2)cc1. The van der Waals surface area contributed by atoms with Crippen LogP contribution in [0.5, 0.6) is 5.75 Å². The third-order valence-electron chi connectivity index (χ3n) is 4.67. The summed E-state index contributed by atoms with van der Waals surface area (Å²) >= 11 is 8.82. The van der Waals surface area contributed by atoms with E-state index < -0.39 is 0 Å². The summed E-state index contributed by atoms with van der Waals surface area (Å²) in [6, 6.07) is 15.6. The number of nitrogens with one attached hydrogen (secondary N) is 1. The Balaban J connectivity index is 1.77. The molecule has 1 unspecified atom stereocenters. The van der Waals surface area contributed by atoms with Crippen LogP contribution in [0.1, 0.15) is 31.0 Å². The molecule has 0 radical (unpaired) electrons. The summed E-state index contributed by atoms with van der Waals surface area (Å²) in [5.41, 5.74) is 3.69. The number of ketones is 1. The summed E-state index contributed by atoms with van der Waals surface area (Å²) in [5, 5.41) is 3.87. The number of ether oxygens (including phenoxy) is 1. The Bertz CT molecular complexity index is 891. The van der Waals surface area contributed by atoms with Gasteiger partial charge in [-0.25, -0.2) is 0 Å². The molecule has 0 saturated heterocycles. The molecule has 4 nitrogen and oxygen atoms in total. The molecule has 1 aliphatic rings. The lowest BCUT2D eigenvalue weighted by atomic mass is 9.92. The molecule has 1 N–H and O–H groups in total.